The van der Waals surface area contributed by atoms with Gasteiger partial charge in [-0.25, -0.2) is 9.67 Å². The van der Waals surface area contributed by atoms with Crippen molar-refractivity contribution < 1.29 is 4.79 Å². The Morgan fingerprint density at radius 2 is 1.92 bits per heavy atom. The summed E-state index contributed by atoms with van der Waals surface area (Å²) in [5.74, 6) is -0.274. The Balaban J connectivity index is 1.71. The van der Waals surface area contributed by atoms with Gasteiger partial charge < -0.3 is 5.32 Å². The number of aryl methyl sites for hydroxylation is 2. The maximum atomic E-state index is 12.3. The number of benzene rings is 1. The van der Waals surface area contributed by atoms with E-state index in [2.05, 4.69) is 15.4 Å². The Bertz CT molecular complexity index is 965. The van der Waals surface area contributed by atoms with Gasteiger partial charge in [0.25, 0.3) is 5.91 Å². The molecule has 0 fully saturated rings. The molecule has 0 saturated carbocycles. The van der Waals surface area contributed by atoms with Gasteiger partial charge in [0.2, 0.25) is 0 Å². The van der Waals surface area contributed by atoms with Gasteiger partial charge in [0, 0.05) is 11.9 Å². The molecule has 0 aliphatic carbocycles. The number of carbonyl (C=O) groups is 1. The molecule has 0 aliphatic rings. The van der Waals surface area contributed by atoms with Crippen molar-refractivity contribution in [1.82, 2.24) is 20.1 Å². The Labute approximate surface area is 152 Å². The number of rotatable bonds is 4. The summed E-state index contributed by atoms with van der Waals surface area (Å²) in [6.07, 6.45) is 1.39. The number of nitrogens with zero attached hydrogens (tertiary/aromatic N) is 4. The third kappa shape index (κ3) is 3.62. The van der Waals surface area contributed by atoms with Gasteiger partial charge >= 0.3 is 0 Å². The molecular formula is C20H19N5O. The zero-order chi connectivity index (χ0) is 18.7. The molecule has 2 heterocycles. The fraction of sp³-hybridized carbons (Fsp3) is 0.200. The minimum Gasteiger partial charge on any atom is -0.344 e. The summed E-state index contributed by atoms with van der Waals surface area (Å²) in [6, 6.07) is 14.9. The lowest BCUT2D eigenvalue weighted by Gasteiger charge is -2.15. The largest absolute Gasteiger partial charge is 0.344 e. The number of nitriles is 1. The number of aromatic nitrogens is 3. The molecule has 0 aliphatic heterocycles. The first-order chi connectivity index (χ1) is 12.5. The van der Waals surface area contributed by atoms with Gasteiger partial charge in [-0.05, 0) is 56.7 Å². The highest BCUT2D eigenvalue weighted by Gasteiger charge is 2.13. The van der Waals surface area contributed by atoms with Crippen molar-refractivity contribution in [3.05, 3.63) is 76.9 Å². The van der Waals surface area contributed by atoms with Gasteiger partial charge in [-0.2, -0.15) is 10.4 Å². The van der Waals surface area contributed by atoms with E-state index >= 15 is 0 Å². The summed E-state index contributed by atoms with van der Waals surface area (Å²) < 4.78 is 1.89. The summed E-state index contributed by atoms with van der Waals surface area (Å²) in [4.78, 5) is 16.3. The minimum atomic E-state index is -0.274. The number of pyridine rings is 1. The van der Waals surface area contributed by atoms with Crippen LogP contribution in [0.2, 0.25) is 0 Å². The van der Waals surface area contributed by atoms with Crippen molar-refractivity contribution in [1.29, 1.82) is 5.26 Å². The highest BCUT2D eigenvalue weighted by Crippen LogP contribution is 2.17. The van der Waals surface area contributed by atoms with E-state index in [0.717, 1.165) is 22.6 Å². The molecule has 0 spiro atoms. The predicted octanol–water partition coefficient (Wildman–Crippen LogP) is 3.25. The Kier molecular flexibility index (Phi) is 4.81. The zero-order valence-corrected chi connectivity index (χ0v) is 14.9. The van der Waals surface area contributed by atoms with Crippen molar-refractivity contribution in [3.63, 3.8) is 0 Å². The van der Waals surface area contributed by atoms with Gasteiger partial charge in [0.05, 0.1) is 23.0 Å². The molecule has 6 heteroatoms. The maximum Gasteiger partial charge on any atom is 0.270 e. The SMILES string of the molecule is Cc1cc(C)n(-c2ccc(C(C)NC(=O)c3ccc(C#N)cn3)cc2)n1. The molecule has 6 nitrogen and oxygen atoms in total. The van der Waals surface area contributed by atoms with Crippen LogP contribution >= 0.6 is 0 Å². The van der Waals surface area contributed by atoms with E-state index in [1.807, 2.05) is 61.9 Å². The van der Waals surface area contributed by atoms with Gasteiger partial charge in [-0.1, -0.05) is 12.1 Å². The summed E-state index contributed by atoms with van der Waals surface area (Å²) in [7, 11) is 0. The summed E-state index contributed by atoms with van der Waals surface area (Å²) in [5.41, 5.74) is 4.72. The van der Waals surface area contributed by atoms with E-state index in [1.165, 1.54) is 6.20 Å². The van der Waals surface area contributed by atoms with Crippen LogP contribution < -0.4 is 5.32 Å². The van der Waals surface area contributed by atoms with E-state index in [-0.39, 0.29) is 17.6 Å². The van der Waals surface area contributed by atoms with Crippen molar-refractivity contribution in [3.8, 4) is 11.8 Å². The van der Waals surface area contributed by atoms with Gasteiger partial charge in [0.15, 0.2) is 0 Å². The average Bonchev–Trinajstić information content (AvgIpc) is 3.00. The molecular weight excluding hydrogens is 326 g/mol. The molecule has 2 aromatic heterocycles. The third-order valence-electron chi connectivity index (χ3n) is 4.12. The van der Waals surface area contributed by atoms with E-state index in [0.29, 0.717) is 5.56 Å². The smallest absolute Gasteiger partial charge is 0.270 e. The monoisotopic (exact) mass is 345 g/mol. The highest BCUT2D eigenvalue weighted by molar-refractivity contribution is 5.92. The molecule has 130 valence electrons. The number of carbonyl (C=O) groups excluding carboxylic acids is 1. The van der Waals surface area contributed by atoms with Crippen LogP contribution in [0.25, 0.3) is 5.69 Å². The van der Waals surface area contributed by atoms with Crippen molar-refractivity contribution in [2.75, 3.05) is 0 Å². The molecule has 1 N–H and O–H groups in total. The zero-order valence-electron chi connectivity index (χ0n) is 14.9. The second-order valence-corrected chi connectivity index (χ2v) is 6.17. The number of hydrogen-bond donors (Lipinski definition) is 1. The average molecular weight is 345 g/mol. The van der Waals surface area contributed by atoms with Crippen LogP contribution in [0.4, 0.5) is 0 Å². The summed E-state index contributed by atoms with van der Waals surface area (Å²) in [6.45, 7) is 5.90. The van der Waals surface area contributed by atoms with Crippen molar-refractivity contribution in [2.45, 2.75) is 26.8 Å². The second kappa shape index (κ2) is 7.19. The van der Waals surface area contributed by atoms with Crippen molar-refractivity contribution >= 4 is 5.91 Å². The normalized spacial score (nSPS) is 11.6. The standard InChI is InChI=1S/C20H19N5O/c1-13-10-14(2)25(24-13)18-7-5-17(6-8-18)15(3)23-20(26)19-9-4-16(11-21)12-22-19/h4-10,12,15H,1-3H3,(H,23,26). The lowest BCUT2D eigenvalue weighted by molar-refractivity contribution is 0.0935. The lowest BCUT2D eigenvalue weighted by Crippen LogP contribution is -2.27. The quantitative estimate of drug-likeness (QED) is 0.787. The molecule has 3 aromatic rings. The minimum absolute atomic E-state index is 0.172. The molecule has 0 saturated heterocycles. The maximum absolute atomic E-state index is 12.3. The van der Waals surface area contributed by atoms with E-state index in [4.69, 9.17) is 5.26 Å². The molecule has 26 heavy (non-hydrogen) atoms. The number of hydrogen-bond acceptors (Lipinski definition) is 4. The lowest BCUT2D eigenvalue weighted by atomic mass is 10.1. The van der Waals surface area contributed by atoms with Crippen LogP contribution in [0.3, 0.4) is 0 Å². The molecule has 0 bridgehead atoms. The first kappa shape index (κ1) is 17.4. The Morgan fingerprint density at radius 1 is 1.19 bits per heavy atom. The first-order valence-corrected chi connectivity index (χ1v) is 8.28. The highest BCUT2D eigenvalue weighted by atomic mass is 16.1. The molecule has 0 radical (unpaired) electrons. The van der Waals surface area contributed by atoms with Crippen LogP contribution in [-0.4, -0.2) is 20.7 Å². The predicted molar refractivity (Wildman–Crippen MR) is 97.9 cm³/mol. The molecule has 3 rings (SSSR count). The number of amides is 1. The van der Waals surface area contributed by atoms with Crippen LogP contribution in [0.1, 0.15) is 46.0 Å². The first-order valence-electron chi connectivity index (χ1n) is 8.28. The van der Waals surface area contributed by atoms with Crippen LogP contribution in [0.15, 0.2) is 48.7 Å². The summed E-state index contributed by atoms with van der Waals surface area (Å²) >= 11 is 0. The fourth-order valence-electron chi connectivity index (χ4n) is 2.74. The second-order valence-electron chi connectivity index (χ2n) is 6.17. The summed E-state index contributed by atoms with van der Waals surface area (Å²) in [5, 5.41) is 16.2. The van der Waals surface area contributed by atoms with Gasteiger partial charge in [-0.15, -0.1) is 0 Å². The molecule has 1 unspecified atom stereocenters. The van der Waals surface area contributed by atoms with Gasteiger partial charge in [-0.3, -0.25) is 4.79 Å². The Hall–Kier alpha value is -3.46. The third-order valence-corrected chi connectivity index (χ3v) is 4.12. The fourth-order valence-corrected chi connectivity index (χ4v) is 2.74. The van der Waals surface area contributed by atoms with Crippen LogP contribution in [-0.2, 0) is 0 Å². The molecule has 1 aromatic carbocycles. The van der Waals surface area contributed by atoms with Gasteiger partial charge in [0.1, 0.15) is 11.8 Å². The topological polar surface area (TPSA) is 83.6 Å². The van der Waals surface area contributed by atoms with Crippen LogP contribution in [0.5, 0.6) is 0 Å². The Morgan fingerprint density at radius 3 is 2.46 bits per heavy atom. The number of nitrogens with one attached hydrogen (secondary N) is 1. The van der Waals surface area contributed by atoms with E-state index in [1.54, 1.807) is 12.1 Å². The molecule has 1 amide bonds. The van der Waals surface area contributed by atoms with Crippen molar-refractivity contribution in [2.24, 2.45) is 0 Å². The molecule has 1 atom stereocenters. The van der Waals surface area contributed by atoms with Crippen LogP contribution in [0, 0.1) is 25.2 Å². The van der Waals surface area contributed by atoms with E-state index in [9.17, 15) is 4.79 Å². The van der Waals surface area contributed by atoms with E-state index < -0.39 is 0 Å².